The maximum Gasteiger partial charge on any atom is 0.117 e. The summed E-state index contributed by atoms with van der Waals surface area (Å²) in [7, 11) is 0. The lowest BCUT2D eigenvalue weighted by Gasteiger charge is -1.90. The minimum absolute atomic E-state index is 0.245. The number of nitrogens with zero attached hydrogens (tertiary/aromatic N) is 1. The number of fused-ring (bicyclic) bond motifs is 1. The van der Waals surface area contributed by atoms with Crippen LogP contribution in [0.2, 0.25) is 0 Å². The molecule has 0 atom stereocenters. The van der Waals surface area contributed by atoms with Crippen LogP contribution in [-0.4, -0.2) is 5.11 Å². The summed E-state index contributed by atoms with van der Waals surface area (Å²) in [5, 5.41) is 19.0. The molecule has 0 aliphatic heterocycles. The van der Waals surface area contributed by atoms with Gasteiger partial charge in [0.2, 0.25) is 0 Å². The summed E-state index contributed by atoms with van der Waals surface area (Å²) in [6.45, 7) is 0. The topological polar surface area (TPSA) is 44.0 Å². The van der Waals surface area contributed by atoms with Crippen molar-refractivity contribution in [1.29, 1.82) is 5.26 Å². The van der Waals surface area contributed by atoms with Crippen molar-refractivity contribution in [2.75, 3.05) is 0 Å². The minimum Gasteiger partial charge on any atom is -0.508 e. The van der Waals surface area contributed by atoms with E-state index in [1.807, 2.05) is 0 Å². The molecule has 0 fully saturated rings. The van der Waals surface area contributed by atoms with Crippen LogP contribution in [0, 0.1) is 14.2 Å². The standard InChI is InChI=1S/C9H4INOS/c10-9-7(4-11)6-2-1-5(12)3-8(6)13-9/h1-3,12H. The molecule has 0 unspecified atom stereocenters. The number of aromatic hydroxyl groups is 1. The van der Waals surface area contributed by atoms with Crippen LogP contribution in [-0.2, 0) is 0 Å². The number of benzene rings is 1. The second-order valence-electron chi connectivity index (χ2n) is 2.54. The summed E-state index contributed by atoms with van der Waals surface area (Å²) < 4.78 is 1.93. The lowest BCUT2D eigenvalue weighted by atomic mass is 10.2. The van der Waals surface area contributed by atoms with E-state index in [4.69, 9.17) is 5.26 Å². The Morgan fingerprint density at radius 2 is 2.23 bits per heavy atom. The lowest BCUT2D eigenvalue weighted by Crippen LogP contribution is -1.71. The number of rotatable bonds is 0. The number of phenolic OH excluding ortho intramolecular Hbond substituents is 1. The molecule has 13 heavy (non-hydrogen) atoms. The quantitative estimate of drug-likeness (QED) is 0.760. The molecular formula is C9H4INOS. The van der Waals surface area contributed by atoms with E-state index in [1.165, 1.54) is 11.3 Å². The average molecular weight is 301 g/mol. The fraction of sp³-hybridized carbons (Fsp3) is 0. The van der Waals surface area contributed by atoms with E-state index in [1.54, 1.807) is 18.2 Å². The van der Waals surface area contributed by atoms with Gasteiger partial charge in [-0.25, -0.2) is 0 Å². The second-order valence-corrected chi connectivity index (χ2v) is 5.41. The maximum atomic E-state index is 9.22. The molecule has 0 aliphatic rings. The molecule has 1 N–H and O–H groups in total. The van der Waals surface area contributed by atoms with Crippen LogP contribution in [0.15, 0.2) is 18.2 Å². The normalized spacial score (nSPS) is 10.2. The fourth-order valence-corrected chi connectivity index (χ4v) is 3.19. The molecule has 4 heteroatoms. The number of phenols is 1. The van der Waals surface area contributed by atoms with Gasteiger partial charge in [0.1, 0.15) is 11.8 Å². The van der Waals surface area contributed by atoms with E-state index in [-0.39, 0.29) is 5.75 Å². The van der Waals surface area contributed by atoms with Crippen LogP contribution in [0.4, 0.5) is 0 Å². The lowest BCUT2D eigenvalue weighted by molar-refractivity contribution is 0.476. The van der Waals surface area contributed by atoms with Crippen LogP contribution in [0.3, 0.4) is 0 Å². The Morgan fingerprint density at radius 1 is 1.46 bits per heavy atom. The third kappa shape index (κ3) is 1.38. The highest BCUT2D eigenvalue weighted by molar-refractivity contribution is 14.1. The molecular weight excluding hydrogens is 297 g/mol. The summed E-state index contributed by atoms with van der Waals surface area (Å²) in [4.78, 5) is 0. The number of hydrogen-bond donors (Lipinski definition) is 1. The summed E-state index contributed by atoms with van der Waals surface area (Å²) in [5.41, 5.74) is 0.709. The molecule has 1 aromatic heterocycles. The SMILES string of the molecule is N#Cc1c(I)sc2cc(O)ccc12. The number of hydrogen-bond acceptors (Lipinski definition) is 3. The van der Waals surface area contributed by atoms with E-state index in [0.29, 0.717) is 5.56 Å². The molecule has 0 bridgehead atoms. The molecule has 2 rings (SSSR count). The third-order valence-electron chi connectivity index (χ3n) is 1.74. The van der Waals surface area contributed by atoms with E-state index in [9.17, 15) is 5.11 Å². The number of thiophene rings is 1. The van der Waals surface area contributed by atoms with Crippen LogP contribution < -0.4 is 0 Å². The van der Waals surface area contributed by atoms with Gasteiger partial charge in [-0.05, 0) is 40.8 Å². The zero-order chi connectivity index (χ0) is 9.42. The van der Waals surface area contributed by atoms with Crippen molar-refractivity contribution in [3.63, 3.8) is 0 Å². The summed E-state index contributed by atoms with van der Waals surface area (Å²) in [6, 6.07) is 7.23. The van der Waals surface area contributed by atoms with Crippen LogP contribution in [0.5, 0.6) is 5.75 Å². The largest absolute Gasteiger partial charge is 0.508 e. The Hall–Kier alpha value is -0.800. The fourth-order valence-electron chi connectivity index (χ4n) is 1.16. The van der Waals surface area contributed by atoms with Crippen molar-refractivity contribution in [3.05, 3.63) is 26.6 Å². The van der Waals surface area contributed by atoms with Gasteiger partial charge in [-0.3, -0.25) is 0 Å². The highest BCUT2D eigenvalue weighted by atomic mass is 127. The van der Waals surface area contributed by atoms with E-state index >= 15 is 0 Å². The zero-order valence-corrected chi connectivity index (χ0v) is 9.39. The van der Waals surface area contributed by atoms with E-state index in [2.05, 4.69) is 28.7 Å². The predicted octanol–water partition coefficient (Wildman–Crippen LogP) is 3.08. The molecule has 64 valence electrons. The van der Waals surface area contributed by atoms with E-state index < -0.39 is 0 Å². The Morgan fingerprint density at radius 3 is 2.92 bits per heavy atom. The number of nitriles is 1. The Balaban J connectivity index is 2.88. The molecule has 2 nitrogen and oxygen atoms in total. The average Bonchev–Trinajstić information content (AvgIpc) is 2.39. The summed E-state index contributed by atoms with van der Waals surface area (Å²) in [5.74, 6) is 0.245. The first kappa shape index (κ1) is 8.78. The predicted molar refractivity (Wildman–Crippen MR) is 60.9 cm³/mol. The van der Waals surface area contributed by atoms with Crippen molar-refractivity contribution in [3.8, 4) is 11.8 Å². The minimum atomic E-state index is 0.245. The van der Waals surface area contributed by atoms with E-state index in [0.717, 1.165) is 13.0 Å². The van der Waals surface area contributed by atoms with Crippen molar-refractivity contribution < 1.29 is 5.11 Å². The maximum absolute atomic E-state index is 9.22. The monoisotopic (exact) mass is 301 g/mol. The van der Waals surface area contributed by atoms with Gasteiger partial charge in [-0.2, -0.15) is 5.26 Å². The Labute approximate surface area is 92.6 Å². The third-order valence-corrected chi connectivity index (χ3v) is 3.88. The van der Waals surface area contributed by atoms with Crippen molar-refractivity contribution >= 4 is 44.0 Å². The highest BCUT2D eigenvalue weighted by Gasteiger charge is 2.09. The Kier molecular flexibility index (Phi) is 2.14. The zero-order valence-electron chi connectivity index (χ0n) is 6.41. The Bertz CT molecular complexity index is 512. The molecule has 0 aliphatic carbocycles. The van der Waals surface area contributed by atoms with Crippen LogP contribution in [0.25, 0.3) is 10.1 Å². The first-order valence-corrected chi connectivity index (χ1v) is 5.43. The summed E-state index contributed by atoms with van der Waals surface area (Å²) >= 11 is 3.66. The van der Waals surface area contributed by atoms with Crippen LogP contribution in [0.1, 0.15) is 5.56 Å². The molecule has 0 saturated carbocycles. The first-order chi connectivity index (χ1) is 6.22. The van der Waals surface area contributed by atoms with Crippen molar-refractivity contribution in [1.82, 2.24) is 0 Å². The molecule has 1 aromatic carbocycles. The summed E-state index contributed by atoms with van der Waals surface area (Å²) in [6.07, 6.45) is 0. The van der Waals surface area contributed by atoms with Gasteiger partial charge in [-0.1, -0.05) is 0 Å². The molecule has 2 aromatic rings. The molecule has 0 radical (unpaired) electrons. The highest BCUT2D eigenvalue weighted by Crippen LogP contribution is 2.33. The van der Waals surface area contributed by atoms with Crippen molar-refractivity contribution in [2.45, 2.75) is 0 Å². The van der Waals surface area contributed by atoms with Gasteiger partial charge in [0, 0.05) is 10.1 Å². The smallest absolute Gasteiger partial charge is 0.117 e. The van der Waals surface area contributed by atoms with Gasteiger partial charge < -0.3 is 5.11 Å². The van der Waals surface area contributed by atoms with Gasteiger partial charge in [0.15, 0.2) is 0 Å². The van der Waals surface area contributed by atoms with Gasteiger partial charge >= 0.3 is 0 Å². The molecule has 0 spiro atoms. The second kappa shape index (κ2) is 3.16. The van der Waals surface area contributed by atoms with Crippen LogP contribution >= 0.6 is 33.9 Å². The molecule has 0 amide bonds. The van der Waals surface area contributed by atoms with Gasteiger partial charge in [0.05, 0.1) is 8.45 Å². The number of halogens is 1. The van der Waals surface area contributed by atoms with Gasteiger partial charge in [0.25, 0.3) is 0 Å². The first-order valence-electron chi connectivity index (χ1n) is 3.53. The molecule has 1 heterocycles. The van der Waals surface area contributed by atoms with Crippen molar-refractivity contribution in [2.24, 2.45) is 0 Å². The molecule has 0 saturated heterocycles. The van der Waals surface area contributed by atoms with Gasteiger partial charge in [-0.15, -0.1) is 11.3 Å².